The van der Waals surface area contributed by atoms with Crippen LogP contribution in [0.25, 0.3) is 11.3 Å². The van der Waals surface area contributed by atoms with Gasteiger partial charge in [0.15, 0.2) is 0 Å². The minimum atomic E-state index is -0.493. The monoisotopic (exact) mass is 507 g/mol. The number of fused-ring (bicyclic) bond motifs is 2. The van der Waals surface area contributed by atoms with Crippen molar-refractivity contribution in [3.8, 4) is 0 Å². The Kier molecular flexibility index (Phi) is 6.94. The first-order valence-electron chi connectivity index (χ1n) is 13.0. The number of benzene rings is 2. The van der Waals surface area contributed by atoms with E-state index in [1.54, 1.807) is 6.07 Å². The molecule has 3 heterocycles. The van der Waals surface area contributed by atoms with E-state index in [-0.39, 0.29) is 17.8 Å². The number of likely N-dealkylation sites (tertiary alicyclic amines) is 1. The SMILES string of the molecule is CC(C)(C)OC(=O)NCC1CCCN(CCc2ccc3c(c2)CO/C3=C2/C(=O)Nc3ccc(F)cc32)C1. The summed E-state index contributed by atoms with van der Waals surface area (Å²) in [7, 11) is 0. The molecule has 37 heavy (non-hydrogen) atoms. The zero-order chi connectivity index (χ0) is 26.2. The molecule has 2 aromatic carbocycles. The third-order valence-electron chi connectivity index (χ3n) is 6.99. The van der Waals surface area contributed by atoms with Crippen LogP contribution in [0.15, 0.2) is 36.4 Å². The molecule has 1 unspecified atom stereocenters. The van der Waals surface area contributed by atoms with E-state index in [0.717, 1.165) is 50.0 Å². The lowest BCUT2D eigenvalue weighted by molar-refractivity contribution is -0.110. The van der Waals surface area contributed by atoms with Crippen molar-refractivity contribution in [2.24, 2.45) is 5.92 Å². The van der Waals surface area contributed by atoms with Crippen molar-refractivity contribution in [1.82, 2.24) is 10.2 Å². The second kappa shape index (κ2) is 10.2. The Labute approximate surface area is 217 Å². The van der Waals surface area contributed by atoms with Gasteiger partial charge in [0.1, 0.15) is 23.8 Å². The Balaban J connectivity index is 1.20. The summed E-state index contributed by atoms with van der Waals surface area (Å²) in [5, 5.41) is 5.72. The van der Waals surface area contributed by atoms with Gasteiger partial charge in [-0.05, 0) is 76.3 Å². The third kappa shape index (κ3) is 5.80. The van der Waals surface area contributed by atoms with Gasteiger partial charge in [-0.2, -0.15) is 0 Å². The topological polar surface area (TPSA) is 79.9 Å². The molecule has 0 bridgehead atoms. The predicted octanol–water partition coefficient (Wildman–Crippen LogP) is 4.96. The lowest BCUT2D eigenvalue weighted by Crippen LogP contribution is -2.42. The Bertz CT molecular complexity index is 1250. The maximum atomic E-state index is 13.9. The van der Waals surface area contributed by atoms with Crippen molar-refractivity contribution >= 4 is 29.0 Å². The van der Waals surface area contributed by atoms with Crippen LogP contribution in [0.2, 0.25) is 0 Å². The van der Waals surface area contributed by atoms with Gasteiger partial charge in [0.05, 0.1) is 5.57 Å². The largest absolute Gasteiger partial charge is 0.487 e. The molecule has 2 aromatic rings. The zero-order valence-electron chi connectivity index (χ0n) is 21.7. The molecule has 5 rings (SSSR count). The van der Waals surface area contributed by atoms with E-state index in [1.165, 1.54) is 17.7 Å². The fraction of sp³-hybridized carbons (Fsp3) is 0.448. The molecule has 0 radical (unpaired) electrons. The molecular formula is C29H34FN3O4. The average Bonchev–Trinajstić information content (AvgIpc) is 3.39. The Morgan fingerprint density at radius 2 is 2.05 bits per heavy atom. The highest BCUT2D eigenvalue weighted by molar-refractivity contribution is 6.36. The molecule has 0 aromatic heterocycles. The normalized spacial score (nSPS) is 21.2. The number of piperidine rings is 1. The van der Waals surface area contributed by atoms with Gasteiger partial charge in [0.2, 0.25) is 0 Å². The molecule has 7 nitrogen and oxygen atoms in total. The molecule has 2 amide bonds. The Morgan fingerprint density at radius 1 is 1.22 bits per heavy atom. The first-order chi connectivity index (χ1) is 17.7. The number of nitrogens with one attached hydrogen (secondary N) is 2. The van der Waals surface area contributed by atoms with E-state index in [4.69, 9.17) is 9.47 Å². The Hall–Kier alpha value is -3.39. The van der Waals surface area contributed by atoms with Gasteiger partial charge in [-0.25, -0.2) is 9.18 Å². The van der Waals surface area contributed by atoms with Gasteiger partial charge in [-0.3, -0.25) is 4.79 Å². The number of hydrogen-bond donors (Lipinski definition) is 2. The van der Waals surface area contributed by atoms with Crippen LogP contribution in [0.5, 0.6) is 0 Å². The molecule has 0 saturated carbocycles. The second-order valence-corrected chi connectivity index (χ2v) is 11.1. The molecule has 1 fully saturated rings. The fourth-order valence-corrected chi connectivity index (χ4v) is 5.29. The number of hydrogen-bond acceptors (Lipinski definition) is 5. The van der Waals surface area contributed by atoms with E-state index in [9.17, 15) is 14.0 Å². The molecule has 2 N–H and O–H groups in total. The molecule has 0 spiro atoms. The van der Waals surface area contributed by atoms with Gasteiger partial charge < -0.3 is 25.0 Å². The van der Waals surface area contributed by atoms with E-state index in [0.29, 0.717) is 41.7 Å². The maximum absolute atomic E-state index is 13.9. The van der Waals surface area contributed by atoms with Crippen LogP contribution in [-0.2, 0) is 27.3 Å². The predicted molar refractivity (Wildman–Crippen MR) is 140 cm³/mol. The van der Waals surface area contributed by atoms with Gasteiger partial charge in [-0.1, -0.05) is 18.2 Å². The number of carbonyl (C=O) groups is 2. The lowest BCUT2D eigenvalue weighted by Gasteiger charge is -2.33. The summed E-state index contributed by atoms with van der Waals surface area (Å²) >= 11 is 0. The summed E-state index contributed by atoms with van der Waals surface area (Å²) in [5.41, 5.74) is 4.17. The highest BCUT2D eigenvalue weighted by Crippen LogP contribution is 2.42. The quantitative estimate of drug-likeness (QED) is 0.560. The summed E-state index contributed by atoms with van der Waals surface area (Å²) in [5.74, 6) is 0.268. The van der Waals surface area contributed by atoms with Crippen molar-refractivity contribution in [2.45, 2.75) is 52.2 Å². The van der Waals surface area contributed by atoms with Crippen molar-refractivity contribution < 1.29 is 23.5 Å². The summed E-state index contributed by atoms with van der Waals surface area (Å²) in [4.78, 5) is 27.1. The van der Waals surface area contributed by atoms with E-state index in [1.807, 2.05) is 26.8 Å². The van der Waals surface area contributed by atoms with Gasteiger partial charge in [0.25, 0.3) is 5.91 Å². The van der Waals surface area contributed by atoms with Gasteiger partial charge in [-0.15, -0.1) is 0 Å². The number of halogens is 1. The number of alkyl carbamates (subject to hydrolysis) is 1. The molecule has 0 aliphatic carbocycles. The summed E-state index contributed by atoms with van der Waals surface area (Å²) in [6.07, 6.45) is 2.75. The summed E-state index contributed by atoms with van der Waals surface area (Å²) in [6, 6.07) is 10.5. The van der Waals surface area contributed by atoms with E-state index < -0.39 is 5.60 Å². The second-order valence-electron chi connectivity index (χ2n) is 11.1. The van der Waals surface area contributed by atoms with Crippen LogP contribution in [0.1, 0.15) is 55.9 Å². The molecule has 3 aliphatic rings. The lowest BCUT2D eigenvalue weighted by atomic mass is 9.96. The van der Waals surface area contributed by atoms with E-state index >= 15 is 0 Å². The van der Waals surface area contributed by atoms with E-state index in [2.05, 4.69) is 27.7 Å². The van der Waals surface area contributed by atoms with Crippen LogP contribution in [0, 0.1) is 11.7 Å². The van der Waals surface area contributed by atoms with Crippen LogP contribution in [-0.4, -0.2) is 48.7 Å². The average molecular weight is 508 g/mol. The van der Waals surface area contributed by atoms with Crippen molar-refractivity contribution in [3.63, 3.8) is 0 Å². The maximum Gasteiger partial charge on any atom is 0.407 e. The molecule has 8 heteroatoms. The standard InChI is InChI=1S/C29H34FN3O4/c1-29(2,3)37-28(35)31-15-19-5-4-11-33(16-19)12-10-18-6-8-22-20(13-18)17-36-26(22)25-23-14-21(30)7-9-24(23)32-27(25)34/h6-9,13-14,19H,4-5,10-12,15-17H2,1-3H3,(H,31,35)(H,32,34)/b26-25+. The van der Waals surface area contributed by atoms with Crippen molar-refractivity contribution in [1.29, 1.82) is 0 Å². The number of carbonyl (C=O) groups excluding carboxylic acids is 2. The van der Waals surface area contributed by atoms with Crippen LogP contribution in [0.4, 0.5) is 14.9 Å². The number of anilines is 1. The van der Waals surface area contributed by atoms with Crippen molar-refractivity contribution in [3.05, 3.63) is 64.5 Å². The minimum Gasteiger partial charge on any atom is -0.487 e. The number of ether oxygens (including phenoxy) is 2. The zero-order valence-corrected chi connectivity index (χ0v) is 21.7. The third-order valence-corrected chi connectivity index (χ3v) is 6.99. The molecular weight excluding hydrogens is 473 g/mol. The number of rotatable bonds is 5. The Morgan fingerprint density at radius 3 is 2.86 bits per heavy atom. The molecule has 196 valence electrons. The summed E-state index contributed by atoms with van der Waals surface area (Å²) < 4.78 is 25.2. The van der Waals surface area contributed by atoms with Crippen LogP contribution in [0.3, 0.4) is 0 Å². The van der Waals surface area contributed by atoms with Crippen molar-refractivity contribution in [2.75, 3.05) is 31.5 Å². The smallest absolute Gasteiger partial charge is 0.407 e. The van der Waals surface area contributed by atoms with Crippen LogP contribution < -0.4 is 10.6 Å². The number of amides is 2. The van der Waals surface area contributed by atoms with Gasteiger partial charge >= 0.3 is 6.09 Å². The van der Waals surface area contributed by atoms with Gasteiger partial charge in [0, 0.05) is 42.0 Å². The minimum absolute atomic E-state index is 0.270. The molecule has 1 saturated heterocycles. The summed E-state index contributed by atoms with van der Waals surface area (Å²) in [6.45, 7) is 9.55. The number of nitrogens with zero attached hydrogens (tertiary/aromatic N) is 1. The first-order valence-corrected chi connectivity index (χ1v) is 13.0. The molecule has 3 aliphatic heterocycles. The highest BCUT2D eigenvalue weighted by atomic mass is 19.1. The van der Waals surface area contributed by atoms with Crippen LogP contribution >= 0.6 is 0 Å². The highest BCUT2D eigenvalue weighted by Gasteiger charge is 2.33. The fourth-order valence-electron chi connectivity index (χ4n) is 5.29. The molecule has 1 atom stereocenters. The first kappa shape index (κ1) is 25.3.